The number of nitrogens with zero attached hydrogens (tertiary/aromatic N) is 2. The van der Waals surface area contributed by atoms with E-state index < -0.39 is 0 Å². The highest BCUT2D eigenvalue weighted by Gasteiger charge is 2.29. The van der Waals surface area contributed by atoms with Crippen LogP contribution >= 0.6 is 11.3 Å². The molecule has 2 aliphatic rings. The summed E-state index contributed by atoms with van der Waals surface area (Å²) in [7, 11) is 0. The van der Waals surface area contributed by atoms with E-state index in [1.165, 1.54) is 37.2 Å². The Balaban J connectivity index is 1.63. The molecule has 3 rings (SSSR count). The van der Waals surface area contributed by atoms with E-state index in [9.17, 15) is 0 Å². The highest BCUT2D eigenvalue weighted by Crippen LogP contribution is 2.23. The highest BCUT2D eigenvalue weighted by molar-refractivity contribution is 7.15. The van der Waals surface area contributed by atoms with Crippen LogP contribution < -0.4 is 11.1 Å². The van der Waals surface area contributed by atoms with Gasteiger partial charge in [-0.1, -0.05) is 6.42 Å². The van der Waals surface area contributed by atoms with Crippen molar-refractivity contribution in [3.63, 3.8) is 0 Å². The Morgan fingerprint density at radius 2 is 2.19 bits per heavy atom. The summed E-state index contributed by atoms with van der Waals surface area (Å²) in [5.74, 6) is 0. The smallest absolute Gasteiger partial charge is 0.180 e. The van der Waals surface area contributed by atoms with Crippen LogP contribution in [-0.4, -0.2) is 35.1 Å². The molecule has 0 radical (unpaired) electrons. The van der Waals surface area contributed by atoms with Crippen LogP contribution in [0.2, 0.25) is 0 Å². The fraction of sp³-hybridized carbons (Fsp3) is 0.727. The monoisotopic (exact) mass is 238 g/mol. The van der Waals surface area contributed by atoms with Gasteiger partial charge in [0.2, 0.25) is 0 Å². The molecular formula is C11H18N4S. The van der Waals surface area contributed by atoms with Gasteiger partial charge in [0.25, 0.3) is 0 Å². The molecule has 0 aliphatic carbocycles. The fourth-order valence-electron chi connectivity index (χ4n) is 2.84. The SMILES string of the molecule is Nc1ncc(CN2CC3CCCC(C2)N3)s1. The Kier molecular flexibility index (Phi) is 2.83. The molecule has 2 saturated heterocycles. The molecule has 1 aromatic rings. The lowest BCUT2D eigenvalue weighted by atomic mass is 9.94. The van der Waals surface area contributed by atoms with Crippen LogP contribution in [0.25, 0.3) is 0 Å². The average molecular weight is 238 g/mol. The summed E-state index contributed by atoms with van der Waals surface area (Å²) in [6, 6.07) is 1.41. The molecule has 2 fully saturated rings. The molecule has 88 valence electrons. The first-order valence-corrected chi connectivity index (χ1v) is 6.80. The van der Waals surface area contributed by atoms with Crippen molar-refractivity contribution < 1.29 is 0 Å². The second kappa shape index (κ2) is 4.31. The Bertz CT molecular complexity index is 353. The van der Waals surface area contributed by atoms with E-state index in [4.69, 9.17) is 5.73 Å². The van der Waals surface area contributed by atoms with Crippen LogP contribution in [0.4, 0.5) is 5.13 Å². The quantitative estimate of drug-likeness (QED) is 0.808. The van der Waals surface area contributed by atoms with Gasteiger partial charge in [-0.25, -0.2) is 4.98 Å². The summed E-state index contributed by atoms with van der Waals surface area (Å²) in [6.07, 6.45) is 5.97. The van der Waals surface area contributed by atoms with Gasteiger partial charge in [0, 0.05) is 42.8 Å². The third-order valence-electron chi connectivity index (χ3n) is 3.48. The summed E-state index contributed by atoms with van der Waals surface area (Å²) in [5, 5.41) is 4.38. The van der Waals surface area contributed by atoms with Gasteiger partial charge in [0.15, 0.2) is 5.13 Å². The lowest BCUT2D eigenvalue weighted by molar-refractivity contribution is 0.120. The third-order valence-corrected chi connectivity index (χ3v) is 4.30. The topological polar surface area (TPSA) is 54.2 Å². The fourth-order valence-corrected chi connectivity index (χ4v) is 3.57. The number of likely N-dealkylation sites (tertiary alicyclic amines) is 1. The van der Waals surface area contributed by atoms with Gasteiger partial charge in [-0.15, -0.1) is 11.3 Å². The number of thiazole rings is 1. The zero-order valence-corrected chi connectivity index (χ0v) is 10.2. The molecule has 1 aromatic heterocycles. The molecular weight excluding hydrogens is 220 g/mol. The van der Waals surface area contributed by atoms with Crippen LogP contribution in [0.1, 0.15) is 24.1 Å². The number of fused-ring (bicyclic) bond motifs is 2. The lowest BCUT2D eigenvalue weighted by Crippen LogP contribution is -2.58. The number of hydrogen-bond donors (Lipinski definition) is 2. The zero-order chi connectivity index (χ0) is 11.0. The minimum Gasteiger partial charge on any atom is -0.375 e. The largest absolute Gasteiger partial charge is 0.375 e. The van der Waals surface area contributed by atoms with Crippen molar-refractivity contribution >= 4 is 16.5 Å². The maximum Gasteiger partial charge on any atom is 0.180 e. The van der Waals surface area contributed by atoms with Gasteiger partial charge in [0.05, 0.1) is 0 Å². The molecule has 5 heteroatoms. The number of hydrogen-bond acceptors (Lipinski definition) is 5. The predicted octanol–water partition coefficient (Wildman–Crippen LogP) is 1.05. The zero-order valence-electron chi connectivity index (χ0n) is 9.35. The van der Waals surface area contributed by atoms with E-state index in [-0.39, 0.29) is 0 Å². The number of piperazine rings is 1. The summed E-state index contributed by atoms with van der Waals surface area (Å²) in [4.78, 5) is 7.94. The predicted molar refractivity (Wildman–Crippen MR) is 66.4 cm³/mol. The number of aromatic nitrogens is 1. The number of nitrogens with one attached hydrogen (secondary N) is 1. The molecule has 0 saturated carbocycles. The molecule has 2 bridgehead atoms. The molecule has 3 N–H and O–H groups in total. The first-order chi connectivity index (χ1) is 7.79. The van der Waals surface area contributed by atoms with Gasteiger partial charge in [0.1, 0.15) is 0 Å². The maximum absolute atomic E-state index is 5.65. The van der Waals surface area contributed by atoms with Crippen molar-refractivity contribution in [2.45, 2.75) is 37.9 Å². The number of piperidine rings is 1. The van der Waals surface area contributed by atoms with Gasteiger partial charge < -0.3 is 11.1 Å². The Morgan fingerprint density at radius 3 is 2.81 bits per heavy atom. The van der Waals surface area contributed by atoms with Crippen molar-refractivity contribution in [3.05, 3.63) is 11.1 Å². The summed E-state index contributed by atoms with van der Waals surface area (Å²) in [6.45, 7) is 3.37. The third kappa shape index (κ3) is 2.21. The molecule has 3 heterocycles. The maximum atomic E-state index is 5.65. The van der Waals surface area contributed by atoms with Gasteiger partial charge in [-0.05, 0) is 12.8 Å². The molecule has 0 spiro atoms. The van der Waals surface area contributed by atoms with Crippen LogP contribution in [0.15, 0.2) is 6.20 Å². The number of rotatable bonds is 2. The van der Waals surface area contributed by atoms with E-state index >= 15 is 0 Å². The molecule has 2 aliphatic heterocycles. The van der Waals surface area contributed by atoms with Gasteiger partial charge in [-0.3, -0.25) is 4.90 Å². The van der Waals surface area contributed by atoms with Gasteiger partial charge in [-0.2, -0.15) is 0 Å². The number of nitrogen functional groups attached to an aromatic ring is 1. The van der Waals surface area contributed by atoms with Crippen LogP contribution in [0, 0.1) is 0 Å². The van der Waals surface area contributed by atoms with Gasteiger partial charge >= 0.3 is 0 Å². The second-order valence-electron chi connectivity index (χ2n) is 4.85. The van der Waals surface area contributed by atoms with E-state index in [1.807, 2.05) is 6.20 Å². The summed E-state index contributed by atoms with van der Waals surface area (Å²) in [5.41, 5.74) is 5.65. The first kappa shape index (κ1) is 10.5. The molecule has 16 heavy (non-hydrogen) atoms. The minimum atomic E-state index is 0.685. The molecule has 2 atom stereocenters. The average Bonchev–Trinajstić information content (AvgIpc) is 2.63. The van der Waals surface area contributed by atoms with Crippen LogP contribution in [-0.2, 0) is 6.54 Å². The normalized spacial score (nSPS) is 30.5. The standard InChI is InChI=1S/C11H18N4S/c12-11-13-4-10(16-11)7-15-5-8-2-1-3-9(6-15)14-8/h4,8-9,14H,1-3,5-7H2,(H2,12,13). The summed E-state index contributed by atoms with van der Waals surface area (Å²) < 4.78 is 0. The minimum absolute atomic E-state index is 0.685. The lowest BCUT2D eigenvalue weighted by Gasteiger charge is -2.42. The molecule has 0 aromatic carbocycles. The molecule has 2 unspecified atom stereocenters. The number of anilines is 1. The van der Waals surface area contributed by atoms with E-state index in [0.717, 1.165) is 6.54 Å². The summed E-state index contributed by atoms with van der Waals surface area (Å²) >= 11 is 1.61. The van der Waals surface area contributed by atoms with Crippen molar-refractivity contribution in [3.8, 4) is 0 Å². The Labute approximate surface area is 99.8 Å². The molecule has 0 amide bonds. The molecule has 4 nitrogen and oxygen atoms in total. The van der Waals surface area contributed by atoms with Crippen molar-refractivity contribution in [2.75, 3.05) is 18.8 Å². The van der Waals surface area contributed by atoms with Crippen molar-refractivity contribution in [2.24, 2.45) is 0 Å². The number of nitrogens with two attached hydrogens (primary N) is 1. The Hall–Kier alpha value is -0.650. The van der Waals surface area contributed by atoms with Crippen LogP contribution in [0.5, 0.6) is 0 Å². The van der Waals surface area contributed by atoms with E-state index in [1.54, 1.807) is 11.3 Å². The highest BCUT2D eigenvalue weighted by atomic mass is 32.1. The Morgan fingerprint density at radius 1 is 1.44 bits per heavy atom. The van der Waals surface area contributed by atoms with Crippen molar-refractivity contribution in [1.82, 2.24) is 15.2 Å². The second-order valence-corrected chi connectivity index (χ2v) is 6.00. The van der Waals surface area contributed by atoms with E-state index in [2.05, 4.69) is 15.2 Å². The van der Waals surface area contributed by atoms with Crippen molar-refractivity contribution in [1.29, 1.82) is 0 Å². The first-order valence-electron chi connectivity index (χ1n) is 5.98. The van der Waals surface area contributed by atoms with E-state index in [0.29, 0.717) is 17.2 Å². The van der Waals surface area contributed by atoms with Crippen LogP contribution in [0.3, 0.4) is 0 Å².